The lowest BCUT2D eigenvalue weighted by molar-refractivity contribution is -0.121. The van der Waals surface area contributed by atoms with Crippen LogP contribution in [0, 0.1) is 13.8 Å². The molecule has 0 saturated carbocycles. The van der Waals surface area contributed by atoms with Crippen LogP contribution in [0.15, 0.2) is 17.0 Å². The van der Waals surface area contributed by atoms with E-state index >= 15 is 0 Å². The van der Waals surface area contributed by atoms with E-state index < -0.39 is 10.0 Å². The van der Waals surface area contributed by atoms with Gasteiger partial charge in [0.15, 0.2) is 0 Å². The second kappa shape index (κ2) is 6.91. The van der Waals surface area contributed by atoms with E-state index in [-0.39, 0.29) is 23.0 Å². The Morgan fingerprint density at radius 1 is 1.33 bits per heavy atom. The second-order valence-electron chi connectivity index (χ2n) is 5.04. The number of anilines is 1. The van der Waals surface area contributed by atoms with E-state index in [0.29, 0.717) is 12.1 Å². The lowest BCUT2D eigenvalue weighted by atomic mass is 10.1. The quantitative estimate of drug-likeness (QED) is 0.767. The molecule has 1 amide bonds. The average Bonchev–Trinajstić information content (AvgIpc) is 2.40. The van der Waals surface area contributed by atoms with Gasteiger partial charge in [0.2, 0.25) is 15.9 Å². The van der Waals surface area contributed by atoms with Crippen molar-refractivity contribution >= 4 is 21.6 Å². The van der Waals surface area contributed by atoms with E-state index in [1.54, 1.807) is 19.1 Å². The molecule has 0 atom stereocenters. The molecule has 0 aliphatic rings. The fourth-order valence-electron chi connectivity index (χ4n) is 1.92. The summed E-state index contributed by atoms with van der Waals surface area (Å²) in [5.41, 5.74) is 7.46. The summed E-state index contributed by atoms with van der Waals surface area (Å²) in [6.07, 6.45) is 0.798. The highest BCUT2D eigenvalue weighted by Crippen LogP contribution is 2.27. The molecule has 0 bridgehead atoms. The first-order valence-electron chi connectivity index (χ1n) is 6.80. The molecular formula is C14H23N3O3S. The zero-order chi connectivity index (χ0) is 16.2. The molecule has 1 aromatic carbocycles. The first kappa shape index (κ1) is 17.5. The summed E-state index contributed by atoms with van der Waals surface area (Å²) in [4.78, 5) is 11.8. The molecule has 7 heteroatoms. The van der Waals surface area contributed by atoms with Crippen LogP contribution in [0.5, 0.6) is 0 Å². The van der Waals surface area contributed by atoms with Gasteiger partial charge in [0, 0.05) is 13.6 Å². The molecule has 0 spiro atoms. The molecule has 0 fully saturated rings. The molecular weight excluding hydrogens is 290 g/mol. The number of nitrogens with zero attached hydrogens (tertiary/aromatic N) is 1. The maximum atomic E-state index is 12.6. The summed E-state index contributed by atoms with van der Waals surface area (Å²) in [5.74, 6) is -0.327. The topological polar surface area (TPSA) is 92.5 Å². The van der Waals surface area contributed by atoms with Crippen molar-refractivity contribution in [2.24, 2.45) is 0 Å². The summed E-state index contributed by atoms with van der Waals surface area (Å²) in [5, 5.41) is 2.65. The maximum Gasteiger partial charge on any atom is 0.245 e. The molecule has 0 aromatic heterocycles. The zero-order valence-corrected chi connectivity index (χ0v) is 13.8. The summed E-state index contributed by atoms with van der Waals surface area (Å²) in [6, 6.07) is 3.35. The third kappa shape index (κ3) is 3.95. The van der Waals surface area contributed by atoms with Gasteiger partial charge in [0.25, 0.3) is 0 Å². The molecule has 6 nitrogen and oxygen atoms in total. The number of aryl methyl sites for hydroxylation is 1. The third-order valence-corrected chi connectivity index (χ3v) is 5.32. The number of carbonyl (C=O) groups is 1. The van der Waals surface area contributed by atoms with Gasteiger partial charge in [-0.25, -0.2) is 8.42 Å². The largest absolute Gasteiger partial charge is 0.398 e. The van der Waals surface area contributed by atoms with Gasteiger partial charge in [-0.05, 0) is 37.5 Å². The number of likely N-dealkylation sites (N-methyl/N-ethyl adjacent to an activating group) is 1. The fourth-order valence-corrected chi connectivity index (χ4v) is 3.43. The number of carbonyl (C=O) groups excluding carboxylic acids is 1. The average molecular weight is 313 g/mol. The lowest BCUT2D eigenvalue weighted by Gasteiger charge is -2.20. The SMILES string of the molecule is CCCNC(=O)CN(C)S(=O)(=O)c1c(N)ccc(C)c1C. The minimum atomic E-state index is -3.80. The monoisotopic (exact) mass is 313 g/mol. The number of amides is 1. The molecule has 1 aromatic rings. The first-order chi connectivity index (χ1) is 9.71. The van der Waals surface area contributed by atoms with E-state index in [9.17, 15) is 13.2 Å². The second-order valence-corrected chi connectivity index (χ2v) is 7.02. The van der Waals surface area contributed by atoms with E-state index in [0.717, 1.165) is 16.3 Å². The zero-order valence-electron chi connectivity index (χ0n) is 12.9. The Bertz CT molecular complexity index is 627. The van der Waals surface area contributed by atoms with Crippen molar-refractivity contribution in [2.75, 3.05) is 25.9 Å². The van der Waals surface area contributed by atoms with Crippen LogP contribution < -0.4 is 11.1 Å². The molecule has 3 N–H and O–H groups in total. The van der Waals surface area contributed by atoms with Crippen molar-refractivity contribution in [2.45, 2.75) is 32.1 Å². The van der Waals surface area contributed by atoms with Gasteiger partial charge in [0.1, 0.15) is 4.90 Å². The van der Waals surface area contributed by atoms with Crippen LogP contribution in [0.25, 0.3) is 0 Å². The Morgan fingerprint density at radius 3 is 2.52 bits per heavy atom. The van der Waals surface area contributed by atoms with E-state index in [4.69, 9.17) is 5.73 Å². The molecule has 0 radical (unpaired) electrons. The van der Waals surface area contributed by atoms with Crippen LogP contribution in [0.4, 0.5) is 5.69 Å². The van der Waals surface area contributed by atoms with Gasteiger partial charge in [-0.1, -0.05) is 13.0 Å². The highest BCUT2D eigenvalue weighted by molar-refractivity contribution is 7.89. The van der Waals surface area contributed by atoms with Crippen LogP contribution in [0.2, 0.25) is 0 Å². The van der Waals surface area contributed by atoms with Crippen molar-refractivity contribution in [1.82, 2.24) is 9.62 Å². The Hall–Kier alpha value is -1.60. The Labute approximate surface area is 126 Å². The van der Waals surface area contributed by atoms with Gasteiger partial charge >= 0.3 is 0 Å². The Balaban J connectivity index is 3.06. The van der Waals surface area contributed by atoms with E-state index in [1.807, 2.05) is 13.8 Å². The van der Waals surface area contributed by atoms with Gasteiger partial charge in [-0.2, -0.15) is 4.31 Å². The number of sulfonamides is 1. The van der Waals surface area contributed by atoms with E-state index in [2.05, 4.69) is 5.32 Å². The first-order valence-corrected chi connectivity index (χ1v) is 8.24. The number of rotatable bonds is 6. The standard InChI is InChI=1S/C14H23N3O3S/c1-5-8-16-13(18)9-17(4)21(19,20)14-11(3)10(2)6-7-12(14)15/h6-7H,5,8-9,15H2,1-4H3,(H,16,18). The number of hydrogen-bond acceptors (Lipinski definition) is 4. The Kier molecular flexibility index (Phi) is 5.74. The minimum absolute atomic E-state index is 0.0771. The van der Waals surface area contributed by atoms with Crippen molar-refractivity contribution in [3.63, 3.8) is 0 Å². The predicted octanol–water partition coefficient (Wildman–Crippen LogP) is 1.03. The van der Waals surface area contributed by atoms with Gasteiger partial charge in [-0.15, -0.1) is 0 Å². The van der Waals surface area contributed by atoms with Crippen LogP contribution >= 0.6 is 0 Å². The highest BCUT2D eigenvalue weighted by atomic mass is 32.2. The summed E-state index contributed by atoms with van der Waals surface area (Å²) in [7, 11) is -2.42. The summed E-state index contributed by atoms with van der Waals surface area (Å²) >= 11 is 0. The van der Waals surface area contributed by atoms with Gasteiger partial charge in [-0.3, -0.25) is 4.79 Å². The molecule has 0 heterocycles. The van der Waals surface area contributed by atoms with E-state index in [1.165, 1.54) is 7.05 Å². The molecule has 0 saturated heterocycles. The number of nitrogen functional groups attached to an aromatic ring is 1. The van der Waals surface area contributed by atoms with Crippen LogP contribution in [0.3, 0.4) is 0 Å². The lowest BCUT2D eigenvalue weighted by Crippen LogP contribution is -2.39. The Morgan fingerprint density at radius 2 is 1.95 bits per heavy atom. The maximum absolute atomic E-state index is 12.6. The predicted molar refractivity (Wildman–Crippen MR) is 83.4 cm³/mol. The fraction of sp³-hybridized carbons (Fsp3) is 0.500. The number of nitrogens with one attached hydrogen (secondary N) is 1. The molecule has 0 unspecified atom stereocenters. The van der Waals surface area contributed by atoms with Gasteiger partial charge in [0.05, 0.1) is 12.2 Å². The minimum Gasteiger partial charge on any atom is -0.398 e. The smallest absolute Gasteiger partial charge is 0.245 e. The molecule has 1 rings (SSSR count). The van der Waals surface area contributed by atoms with Crippen molar-refractivity contribution in [1.29, 1.82) is 0 Å². The summed E-state index contributed by atoms with van der Waals surface area (Å²) in [6.45, 7) is 5.76. The highest BCUT2D eigenvalue weighted by Gasteiger charge is 2.27. The molecule has 118 valence electrons. The summed E-state index contributed by atoms with van der Waals surface area (Å²) < 4.78 is 26.2. The van der Waals surface area contributed by atoms with Crippen molar-refractivity contribution in [3.05, 3.63) is 23.3 Å². The van der Waals surface area contributed by atoms with Crippen LogP contribution in [0.1, 0.15) is 24.5 Å². The van der Waals surface area contributed by atoms with Crippen LogP contribution in [-0.4, -0.2) is 38.8 Å². The molecule has 0 aliphatic carbocycles. The molecule has 21 heavy (non-hydrogen) atoms. The van der Waals surface area contributed by atoms with Crippen molar-refractivity contribution < 1.29 is 13.2 Å². The number of benzene rings is 1. The number of nitrogens with two attached hydrogens (primary N) is 1. The number of hydrogen-bond donors (Lipinski definition) is 2. The van der Waals surface area contributed by atoms with Gasteiger partial charge < -0.3 is 11.1 Å². The normalized spacial score (nSPS) is 11.7. The van der Waals surface area contributed by atoms with Crippen LogP contribution in [-0.2, 0) is 14.8 Å². The molecule has 0 aliphatic heterocycles. The van der Waals surface area contributed by atoms with Crippen molar-refractivity contribution in [3.8, 4) is 0 Å². The third-order valence-electron chi connectivity index (χ3n) is 3.31.